The first kappa shape index (κ1) is 10.9. The Balaban J connectivity index is 2.90. The van der Waals surface area contributed by atoms with Crippen LogP contribution in [-0.4, -0.2) is 30.9 Å². The number of rotatable bonds is 4. The molecule has 0 amide bonds. The van der Waals surface area contributed by atoms with Crippen LogP contribution in [0.1, 0.15) is 10.4 Å². The van der Waals surface area contributed by atoms with Crippen molar-refractivity contribution in [1.82, 2.24) is 0 Å². The zero-order chi connectivity index (χ0) is 10.6. The summed E-state index contributed by atoms with van der Waals surface area (Å²) in [6.07, 6.45) is 0.626. The molecule has 1 rings (SSSR count). The number of carbonyl (C=O) groups excluding carboxylic acids is 1. The second kappa shape index (κ2) is 4.86. The standard InChI is InChI=1S/C10H12ClNO2/c1-12(5-4-11)9-3-2-8(7-13)10(14)6-9/h2-3,6-7,14H,4-5H2,1H3. The number of anilines is 1. The van der Waals surface area contributed by atoms with Crippen molar-refractivity contribution in [3.05, 3.63) is 23.8 Å². The second-order valence-corrected chi connectivity index (χ2v) is 3.35. The summed E-state index contributed by atoms with van der Waals surface area (Å²) in [5.74, 6) is 0.520. The van der Waals surface area contributed by atoms with Crippen molar-refractivity contribution in [2.75, 3.05) is 24.4 Å². The van der Waals surface area contributed by atoms with Crippen LogP contribution in [0.2, 0.25) is 0 Å². The van der Waals surface area contributed by atoms with Gasteiger partial charge in [0.2, 0.25) is 0 Å². The average Bonchev–Trinajstić information content (AvgIpc) is 2.18. The van der Waals surface area contributed by atoms with Gasteiger partial charge in [-0.3, -0.25) is 4.79 Å². The van der Waals surface area contributed by atoms with Gasteiger partial charge in [0, 0.05) is 31.2 Å². The predicted octanol–water partition coefficient (Wildman–Crippen LogP) is 1.88. The molecule has 0 heterocycles. The summed E-state index contributed by atoms with van der Waals surface area (Å²) < 4.78 is 0. The number of benzene rings is 1. The minimum Gasteiger partial charge on any atom is -0.507 e. The van der Waals surface area contributed by atoms with E-state index in [0.717, 1.165) is 5.69 Å². The Morgan fingerprint density at radius 3 is 2.79 bits per heavy atom. The van der Waals surface area contributed by atoms with Crippen molar-refractivity contribution < 1.29 is 9.90 Å². The molecule has 0 saturated carbocycles. The van der Waals surface area contributed by atoms with Crippen molar-refractivity contribution in [3.63, 3.8) is 0 Å². The van der Waals surface area contributed by atoms with E-state index in [9.17, 15) is 9.90 Å². The Bertz CT molecular complexity index is 328. The molecule has 1 N–H and O–H groups in total. The summed E-state index contributed by atoms with van der Waals surface area (Å²) in [4.78, 5) is 12.3. The molecule has 1 aromatic carbocycles. The summed E-state index contributed by atoms with van der Waals surface area (Å²) in [5.41, 5.74) is 1.14. The van der Waals surface area contributed by atoms with E-state index >= 15 is 0 Å². The minimum absolute atomic E-state index is 0.000998. The van der Waals surface area contributed by atoms with Gasteiger partial charge in [0.15, 0.2) is 6.29 Å². The van der Waals surface area contributed by atoms with Crippen molar-refractivity contribution in [2.24, 2.45) is 0 Å². The fourth-order valence-electron chi connectivity index (χ4n) is 1.13. The number of nitrogens with zero attached hydrogens (tertiary/aromatic N) is 1. The summed E-state index contributed by atoms with van der Waals surface area (Å²) >= 11 is 5.58. The third-order valence-corrected chi connectivity index (χ3v) is 2.17. The van der Waals surface area contributed by atoms with Crippen LogP contribution in [0.3, 0.4) is 0 Å². The molecule has 14 heavy (non-hydrogen) atoms. The molecule has 0 bridgehead atoms. The molecule has 4 heteroatoms. The van der Waals surface area contributed by atoms with Gasteiger partial charge < -0.3 is 10.0 Å². The topological polar surface area (TPSA) is 40.5 Å². The lowest BCUT2D eigenvalue weighted by Crippen LogP contribution is -2.19. The van der Waals surface area contributed by atoms with Crippen molar-refractivity contribution in [2.45, 2.75) is 0 Å². The first-order valence-electron chi connectivity index (χ1n) is 4.24. The molecular formula is C10H12ClNO2. The van der Waals surface area contributed by atoms with Gasteiger partial charge >= 0.3 is 0 Å². The van der Waals surface area contributed by atoms with Gasteiger partial charge in [-0.15, -0.1) is 11.6 Å². The average molecular weight is 214 g/mol. The molecule has 0 aromatic heterocycles. The Morgan fingerprint density at radius 1 is 1.57 bits per heavy atom. The third-order valence-electron chi connectivity index (χ3n) is 2.00. The van der Waals surface area contributed by atoms with Gasteiger partial charge in [0.25, 0.3) is 0 Å². The zero-order valence-electron chi connectivity index (χ0n) is 7.90. The van der Waals surface area contributed by atoms with Crippen LogP contribution >= 0.6 is 11.6 Å². The number of hydrogen-bond acceptors (Lipinski definition) is 3. The van der Waals surface area contributed by atoms with E-state index in [1.807, 2.05) is 11.9 Å². The first-order valence-corrected chi connectivity index (χ1v) is 4.77. The van der Waals surface area contributed by atoms with Gasteiger partial charge in [0.05, 0.1) is 5.56 Å². The Morgan fingerprint density at radius 2 is 2.29 bits per heavy atom. The van der Waals surface area contributed by atoms with E-state index in [1.54, 1.807) is 18.2 Å². The maximum atomic E-state index is 10.4. The highest BCUT2D eigenvalue weighted by Gasteiger charge is 2.04. The van der Waals surface area contributed by atoms with E-state index in [4.69, 9.17) is 11.6 Å². The highest BCUT2D eigenvalue weighted by Crippen LogP contribution is 2.22. The molecule has 0 aliphatic heterocycles. The van der Waals surface area contributed by atoms with Crippen LogP contribution in [0.15, 0.2) is 18.2 Å². The highest BCUT2D eigenvalue weighted by molar-refractivity contribution is 6.18. The first-order chi connectivity index (χ1) is 6.69. The lowest BCUT2D eigenvalue weighted by molar-refractivity contribution is 0.112. The van der Waals surface area contributed by atoms with Gasteiger partial charge in [-0.1, -0.05) is 0 Å². The van der Waals surface area contributed by atoms with Crippen molar-refractivity contribution >= 4 is 23.6 Å². The highest BCUT2D eigenvalue weighted by atomic mass is 35.5. The zero-order valence-corrected chi connectivity index (χ0v) is 8.66. The van der Waals surface area contributed by atoms with E-state index in [1.165, 1.54) is 0 Å². The fourth-order valence-corrected chi connectivity index (χ4v) is 1.38. The minimum atomic E-state index is -0.000998. The number of aldehydes is 1. The molecule has 0 saturated heterocycles. The van der Waals surface area contributed by atoms with Crippen LogP contribution in [0, 0.1) is 0 Å². The summed E-state index contributed by atoms with van der Waals surface area (Å²) in [6, 6.07) is 4.91. The SMILES string of the molecule is CN(CCCl)c1ccc(C=O)c(O)c1. The monoisotopic (exact) mass is 213 g/mol. The molecule has 0 atom stereocenters. The largest absolute Gasteiger partial charge is 0.507 e. The number of halogens is 1. The number of carbonyl (C=O) groups is 1. The van der Waals surface area contributed by atoms with Crippen LogP contribution < -0.4 is 4.90 Å². The lowest BCUT2D eigenvalue weighted by atomic mass is 10.2. The molecule has 76 valence electrons. The van der Waals surface area contributed by atoms with E-state index in [2.05, 4.69) is 0 Å². The molecule has 0 radical (unpaired) electrons. The van der Waals surface area contributed by atoms with E-state index in [0.29, 0.717) is 24.3 Å². The Kier molecular flexibility index (Phi) is 3.77. The Hall–Kier alpha value is -1.22. The summed E-state index contributed by atoms with van der Waals surface area (Å²) in [5, 5.41) is 9.42. The Labute approximate surface area is 87.9 Å². The maximum absolute atomic E-state index is 10.4. The fraction of sp³-hybridized carbons (Fsp3) is 0.300. The normalized spacial score (nSPS) is 9.86. The van der Waals surface area contributed by atoms with Crippen molar-refractivity contribution in [3.8, 4) is 5.75 Å². The number of phenolic OH excluding ortho intramolecular Hbond substituents is 1. The number of hydrogen-bond donors (Lipinski definition) is 1. The molecule has 3 nitrogen and oxygen atoms in total. The van der Waals surface area contributed by atoms with Crippen LogP contribution in [0.25, 0.3) is 0 Å². The van der Waals surface area contributed by atoms with Crippen LogP contribution in [0.5, 0.6) is 5.75 Å². The van der Waals surface area contributed by atoms with Gasteiger partial charge in [-0.05, 0) is 12.1 Å². The number of phenols is 1. The van der Waals surface area contributed by atoms with Gasteiger partial charge in [-0.2, -0.15) is 0 Å². The van der Waals surface area contributed by atoms with Gasteiger partial charge in [-0.25, -0.2) is 0 Å². The maximum Gasteiger partial charge on any atom is 0.153 e. The van der Waals surface area contributed by atoms with Crippen LogP contribution in [-0.2, 0) is 0 Å². The lowest BCUT2D eigenvalue weighted by Gasteiger charge is -2.18. The quantitative estimate of drug-likeness (QED) is 0.613. The van der Waals surface area contributed by atoms with E-state index in [-0.39, 0.29) is 5.75 Å². The molecule has 0 aliphatic carbocycles. The molecule has 0 aliphatic rings. The molecule has 0 unspecified atom stereocenters. The summed E-state index contributed by atoms with van der Waals surface area (Å²) in [6.45, 7) is 0.696. The number of aromatic hydroxyl groups is 1. The van der Waals surface area contributed by atoms with Crippen molar-refractivity contribution in [1.29, 1.82) is 0 Å². The van der Waals surface area contributed by atoms with Crippen LogP contribution in [0.4, 0.5) is 5.69 Å². The molecule has 0 spiro atoms. The second-order valence-electron chi connectivity index (χ2n) is 2.97. The number of alkyl halides is 1. The van der Waals surface area contributed by atoms with E-state index < -0.39 is 0 Å². The summed E-state index contributed by atoms with van der Waals surface area (Å²) in [7, 11) is 1.87. The molecule has 0 fully saturated rings. The van der Waals surface area contributed by atoms with Gasteiger partial charge in [0.1, 0.15) is 5.75 Å². The third kappa shape index (κ3) is 2.39. The molecule has 1 aromatic rings. The predicted molar refractivity (Wildman–Crippen MR) is 57.5 cm³/mol. The smallest absolute Gasteiger partial charge is 0.153 e. The molecular weight excluding hydrogens is 202 g/mol.